The van der Waals surface area contributed by atoms with Crippen molar-refractivity contribution in [3.05, 3.63) is 81.5 Å². The third kappa shape index (κ3) is 4.13. The molecule has 2 aromatic heterocycles. The second-order valence-electron chi connectivity index (χ2n) is 9.69. The van der Waals surface area contributed by atoms with Crippen LogP contribution in [0.4, 0.5) is 0 Å². The summed E-state index contributed by atoms with van der Waals surface area (Å²) in [6.45, 7) is 0. The van der Waals surface area contributed by atoms with Crippen LogP contribution < -0.4 is 10.7 Å². The van der Waals surface area contributed by atoms with Crippen molar-refractivity contribution in [1.82, 2.24) is 9.13 Å². The van der Waals surface area contributed by atoms with Gasteiger partial charge in [0.1, 0.15) is 24.3 Å². The molecule has 0 saturated carbocycles. The number of hydrogen-bond acceptors (Lipinski definition) is 8. The maximum atomic E-state index is 9.78. The van der Waals surface area contributed by atoms with Crippen LogP contribution in [-0.4, -0.2) is 9.13 Å². The van der Waals surface area contributed by atoms with Crippen LogP contribution in [0.25, 0.3) is 55.2 Å². The van der Waals surface area contributed by atoms with Gasteiger partial charge in [-0.15, -0.1) is 0 Å². The molecule has 5 rings (SSSR count). The van der Waals surface area contributed by atoms with Crippen molar-refractivity contribution in [3.63, 3.8) is 0 Å². The van der Waals surface area contributed by atoms with Gasteiger partial charge in [0.05, 0.1) is 68.3 Å². The Labute approximate surface area is 250 Å². The Balaban J connectivity index is 2.24. The monoisotopic (exact) mass is 562 g/mol. The maximum absolute atomic E-state index is 9.78. The summed E-state index contributed by atoms with van der Waals surface area (Å²) in [6.07, 6.45) is 0. The number of hydrogen-bond donors (Lipinski definition) is 0. The SMILES string of the molecule is Cn1c(=C(C#N)C#N)cc2c(-c3cc(C#N)cc(C#N)c3)c3c(cc(=C(C#N)C#N)n3C)c(-c3cc(C#N)cc(C#N)c3)c21. The Bertz CT molecular complexity index is 2330. The van der Waals surface area contributed by atoms with E-state index >= 15 is 0 Å². The molecule has 0 aliphatic heterocycles. The van der Waals surface area contributed by atoms with E-state index in [1.54, 1.807) is 59.6 Å². The first-order valence-electron chi connectivity index (χ1n) is 12.7. The number of nitrogens with zero attached hydrogens (tertiary/aromatic N) is 10. The van der Waals surface area contributed by atoms with Crippen LogP contribution in [0.5, 0.6) is 0 Å². The van der Waals surface area contributed by atoms with Gasteiger partial charge in [0, 0.05) is 36.0 Å². The Kier molecular flexibility index (Phi) is 6.83. The first-order chi connectivity index (χ1) is 21.3. The molecule has 0 aliphatic carbocycles. The van der Waals surface area contributed by atoms with E-state index in [2.05, 4.69) is 24.3 Å². The van der Waals surface area contributed by atoms with Gasteiger partial charge in [0.25, 0.3) is 0 Å². The van der Waals surface area contributed by atoms with E-state index in [1.165, 1.54) is 12.1 Å². The predicted molar refractivity (Wildman–Crippen MR) is 158 cm³/mol. The molecule has 0 bridgehead atoms. The molecule has 3 aromatic carbocycles. The van der Waals surface area contributed by atoms with E-state index < -0.39 is 0 Å². The highest BCUT2D eigenvalue weighted by Crippen LogP contribution is 2.44. The van der Waals surface area contributed by atoms with Gasteiger partial charge in [-0.3, -0.25) is 0 Å². The van der Waals surface area contributed by atoms with Gasteiger partial charge in [-0.25, -0.2) is 0 Å². The molecule has 0 N–H and O–H groups in total. The zero-order valence-electron chi connectivity index (χ0n) is 23.1. The number of fused-ring (bicyclic) bond motifs is 2. The van der Waals surface area contributed by atoms with Crippen molar-refractivity contribution in [3.8, 4) is 70.8 Å². The molecule has 10 heteroatoms. The summed E-state index contributed by atoms with van der Waals surface area (Å²) in [7, 11) is 3.34. The molecule has 0 atom stereocenters. The molecule has 0 saturated heterocycles. The molecular formula is C34H14N10. The zero-order chi connectivity index (χ0) is 31.7. The summed E-state index contributed by atoms with van der Waals surface area (Å²) in [5.74, 6) is 0. The fraction of sp³-hybridized carbons (Fsp3) is 0.0588. The minimum Gasteiger partial charge on any atom is -0.342 e. The van der Waals surface area contributed by atoms with Crippen molar-refractivity contribution in [2.24, 2.45) is 14.1 Å². The molecule has 10 nitrogen and oxygen atoms in total. The van der Waals surface area contributed by atoms with E-state index in [0.29, 0.717) is 54.8 Å². The van der Waals surface area contributed by atoms with Crippen LogP contribution in [0.1, 0.15) is 22.3 Å². The highest BCUT2D eigenvalue weighted by molar-refractivity contribution is 6.20. The summed E-state index contributed by atoms with van der Waals surface area (Å²) < 4.78 is 3.32. The summed E-state index contributed by atoms with van der Waals surface area (Å²) in [6, 6.07) is 28.7. The Morgan fingerprint density at radius 3 is 1.00 bits per heavy atom. The van der Waals surface area contributed by atoms with Gasteiger partial charge >= 0.3 is 0 Å². The summed E-state index contributed by atoms with van der Waals surface area (Å²) in [5, 5.41) is 79.8. The van der Waals surface area contributed by atoms with E-state index in [-0.39, 0.29) is 33.4 Å². The molecule has 0 aliphatic rings. The number of rotatable bonds is 2. The van der Waals surface area contributed by atoms with Crippen molar-refractivity contribution in [1.29, 1.82) is 42.1 Å². The molecule has 200 valence electrons. The normalized spacial score (nSPS) is 9.86. The lowest BCUT2D eigenvalue weighted by Crippen LogP contribution is -2.14. The Hall–Kier alpha value is -7.60. The zero-order valence-corrected chi connectivity index (χ0v) is 23.1. The van der Waals surface area contributed by atoms with Crippen molar-refractivity contribution >= 4 is 33.0 Å². The minimum absolute atomic E-state index is 0.165. The van der Waals surface area contributed by atoms with Crippen molar-refractivity contribution < 1.29 is 0 Å². The minimum atomic E-state index is -0.165. The molecule has 0 spiro atoms. The Morgan fingerprint density at radius 1 is 0.455 bits per heavy atom. The van der Waals surface area contributed by atoms with Crippen LogP contribution in [0.2, 0.25) is 0 Å². The number of benzene rings is 3. The molecule has 0 radical (unpaired) electrons. The highest BCUT2D eigenvalue weighted by atomic mass is 15.0. The molecule has 0 amide bonds. The topological polar surface area (TPSA) is 200 Å². The molecule has 0 unspecified atom stereocenters. The summed E-state index contributed by atoms with van der Waals surface area (Å²) >= 11 is 0. The first-order valence-corrected chi connectivity index (χ1v) is 12.7. The lowest BCUT2D eigenvalue weighted by molar-refractivity contribution is 0.927. The van der Waals surface area contributed by atoms with Crippen molar-refractivity contribution in [2.75, 3.05) is 0 Å². The van der Waals surface area contributed by atoms with Gasteiger partial charge in [-0.05, 0) is 59.7 Å². The van der Waals surface area contributed by atoms with E-state index in [4.69, 9.17) is 0 Å². The lowest BCUT2D eigenvalue weighted by Gasteiger charge is -2.16. The van der Waals surface area contributed by atoms with Crippen LogP contribution in [0, 0.1) is 90.6 Å². The van der Waals surface area contributed by atoms with E-state index in [9.17, 15) is 42.1 Å². The predicted octanol–water partition coefficient (Wildman–Crippen LogP) is 3.89. The van der Waals surface area contributed by atoms with Crippen LogP contribution >= 0.6 is 0 Å². The van der Waals surface area contributed by atoms with Gasteiger partial charge in [-0.1, -0.05) is 0 Å². The summed E-state index contributed by atoms with van der Waals surface area (Å²) in [4.78, 5) is 0. The van der Waals surface area contributed by atoms with Gasteiger partial charge in [0.15, 0.2) is 11.1 Å². The molecule has 2 heterocycles. The van der Waals surface area contributed by atoms with Crippen LogP contribution in [-0.2, 0) is 14.1 Å². The smallest absolute Gasteiger partial charge is 0.153 e. The summed E-state index contributed by atoms with van der Waals surface area (Å²) in [5.41, 5.74) is 3.56. The molecule has 44 heavy (non-hydrogen) atoms. The van der Waals surface area contributed by atoms with Gasteiger partial charge in [0.2, 0.25) is 0 Å². The van der Waals surface area contributed by atoms with Crippen molar-refractivity contribution in [2.45, 2.75) is 0 Å². The molecule has 5 aromatic rings. The van der Waals surface area contributed by atoms with Gasteiger partial charge < -0.3 is 9.13 Å². The maximum Gasteiger partial charge on any atom is 0.153 e. The average molecular weight is 563 g/mol. The van der Waals surface area contributed by atoms with E-state index in [1.807, 2.05) is 24.3 Å². The average Bonchev–Trinajstić information content (AvgIpc) is 3.57. The van der Waals surface area contributed by atoms with Gasteiger partial charge in [-0.2, -0.15) is 42.1 Å². The van der Waals surface area contributed by atoms with Crippen LogP contribution in [0.15, 0.2) is 48.5 Å². The number of nitriles is 8. The fourth-order valence-corrected chi connectivity index (χ4v) is 5.59. The molecular weight excluding hydrogens is 548 g/mol. The molecule has 0 fully saturated rings. The lowest BCUT2D eigenvalue weighted by atomic mass is 9.90. The third-order valence-corrected chi connectivity index (χ3v) is 7.40. The third-order valence-electron chi connectivity index (χ3n) is 7.40. The standard InChI is InChI=1S/C34H14N10/c1-43-29(25(15-39)16-40)9-27-32(24-7-21(13-37)4-22(8-24)14-38)34-28(10-30(44(34)2)26(17-41)18-42)31(33(27)43)23-5-19(11-35)3-20(6-23)12-36/h3-10H,1-2H3. The number of aryl methyl sites for hydroxylation is 2. The second kappa shape index (κ2) is 10.8. The largest absolute Gasteiger partial charge is 0.342 e. The van der Waals surface area contributed by atoms with Crippen LogP contribution in [0.3, 0.4) is 0 Å². The fourth-order valence-electron chi connectivity index (χ4n) is 5.59. The number of aromatic nitrogens is 2. The highest BCUT2D eigenvalue weighted by Gasteiger charge is 2.25. The van der Waals surface area contributed by atoms with E-state index in [0.717, 1.165) is 0 Å². The first kappa shape index (κ1) is 27.9. The quantitative estimate of drug-likeness (QED) is 0.308. The second-order valence-corrected chi connectivity index (χ2v) is 9.69. The Morgan fingerprint density at radius 2 is 0.750 bits per heavy atom.